The first-order chi connectivity index (χ1) is 24.7. The molecule has 0 N–H and O–H groups in total. The second-order valence-electron chi connectivity index (χ2n) is 12.9. The van der Waals surface area contributed by atoms with E-state index in [0.717, 1.165) is 57.2 Å². The Morgan fingerprint density at radius 3 is 2.22 bits per heavy atom. The van der Waals surface area contributed by atoms with Gasteiger partial charge in [-0.2, -0.15) is 0 Å². The zero-order valence-electron chi connectivity index (χ0n) is 26.9. The minimum absolute atomic E-state index is 0.0472. The van der Waals surface area contributed by atoms with Crippen molar-refractivity contribution >= 4 is 60.2 Å². The Hall–Kier alpha value is -6.33. The van der Waals surface area contributed by atoms with Crippen LogP contribution in [0.2, 0.25) is 0 Å². The summed E-state index contributed by atoms with van der Waals surface area (Å²) in [5, 5.41) is 5.23. The number of halogens is 2. The van der Waals surface area contributed by atoms with Crippen LogP contribution >= 0.6 is 0 Å². The average molecular weight is 650 g/mol. The predicted octanol–water partition coefficient (Wildman–Crippen LogP) is 12.2. The molecule has 6 aromatic carbocycles. The summed E-state index contributed by atoms with van der Waals surface area (Å²) in [5.41, 5.74) is 8.83. The summed E-state index contributed by atoms with van der Waals surface area (Å²) in [7, 11) is 0. The van der Waals surface area contributed by atoms with Crippen LogP contribution in [0.1, 0.15) is 12.8 Å². The molecule has 0 saturated heterocycles. The summed E-state index contributed by atoms with van der Waals surface area (Å²) in [4.78, 5) is 4.39. The van der Waals surface area contributed by atoms with E-state index in [1.807, 2.05) is 24.3 Å². The van der Waals surface area contributed by atoms with Gasteiger partial charge in [0, 0.05) is 33.7 Å². The van der Waals surface area contributed by atoms with E-state index >= 15 is 8.78 Å². The van der Waals surface area contributed by atoms with E-state index < -0.39 is 11.6 Å². The number of allylic oxidation sites excluding steroid dienone is 4. The molecule has 238 valence electrons. The Morgan fingerprint density at radius 1 is 0.580 bits per heavy atom. The van der Waals surface area contributed by atoms with Crippen molar-refractivity contribution in [2.24, 2.45) is 0 Å². The van der Waals surface area contributed by atoms with Crippen LogP contribution in [0.3, 0.4) is 0 Å². The van der Waals surface area contributed by atoms with Gasteiger partial charge >= 0.3 is 0 Å². The van der Waals surface area contributed by atoms with Gasteiger partial charge in [0.15, 0.2) is 0 Å². The highest BCUT2D eigenvalue weighted by atomic mass is 19.1. The Balaban J connectivity index is 1.28. The summed E-state index contributed by atoms with van der Waals surface area (Å²) in [6.45, 7) is 0. The van der Waals surface area contributed by atoms with Gasteiger partial charge in [0.1, 0.15) is 11.6 Å². The third kappa shape index (κ3) is 4.23. The summed E-state index contributed by atoms with van der Waals surface area (Å²) in [6.07, 6.45) is 10.4. The molecule has 1 aliphatic carbocycles. The maximum absolute atomic E-state index is 16.1. The van der Waals surface area contributed by atoms with E-state index in [0.29, 0.717) is 22.0 Å². The lowest BCUT2D eigenvalue weighted by molar-refractivity contribution is 0.590. The van der Waals surface area contributed by atoms with Crippen LogP contribution in [0.25, 0.3) is 88.2 Å². The van der Waals surface area contributed by atoms with Crippen LogP contribution < -0.4 is 0 Å². The lowest BCUT2D eigenvalue weighted by Gasteiger charge is -2.14. The molecule has 1 aliphatic rings. The lowest BCUT2D eigenvalue weighted by Crippen LogP contribution is -1.97. The highest BCUT2D eigenvalue weighted by Gasteiger charge is 2.25. The second-order valence-corrected chi connectivity index (χ2v) is 12.9. The molecule has 0 bridgehead atoms. The molecule has 3 nitrogen and oxygen atoms in total. The second kappa shape index (κ2) is 11.1. The fraction of sp³-hybridized carbons (Fsp3) is 0.0444. The number of fused-ring (bicyclic) bond motifs is 8. The molecule has 0 spiro atoms. The fourth-order valence-corrected chi connectivity index (χ4v) is 7.92. The van der Waals surface area contributed by atoms with Crippen molar-refractivity contribution < 1.29 is 8.78 Å². The Labute approximate surface area is 286 Å². The smallest absolute Gasteiger partial charge is 0.134 e. The number of benzene rings is 6. The topological polar surface area (TPSA) is 22.8 Å². The number of nitrogens with zero attached hydrogens (tertiary/aromatic N) is 3. The number of rotatable bonds is 4. The van der Waals surface area contributed by atoms with Crippen molar-refractivity contribution in [3.05, 3.63) is 163 Å². The van der Waals surface area contributed by atoms with Crippen LogP contribution in [0.4, 0.5) is 8.78 Å². The van der Waals surface area contributed by atoms with Gasteiger partial charge in [0.05, 0.1) is 33.1 Å². The van der Waals surface area contributed by atoms with Gasteiger partial charge in [-0.15, -0.1) is 0 Å². The Bertz CT molecular complexity index is 2860. The van der Waals surface area contributed by atoms with Gasteiger partial charge in [-0.1, -0.05) is 84.9 Å². The molecule has 5 heteroatoms. The lowest BCUT2D eigenvalue weighted by atomic mass is 9.96. The van der Waals surface area contributed by atoms with Gasteiger partial charge in [-0.3, -0.25) is 4.98 Å². The number of aromatic nitrogens is 3. The first-order valence-corrected chi connectivity index (χ1v) is 16.9. The molecule has 0 unspecified atom stereocenters. The van der Waals surface area contributed by atoms with E-state index in [1.54, 1.807) is 24.4 Å². The molecule has 0 radical (unpaired) electrons. The summed E-state index contributed by atoms with van der Waals surface area (Å²) in [5.74, 6) is -1.22. The van der Waals surface area contributed by atoms with Crippen molar-refractivity contribution in [3.8, 4) is 27.9 Å². The number of pyridine rings is 1. The van der Waals surface area contributed by atoms with Gasteiger partial charge < -0.3 is 9.13 Å². The molecule has 0 aliphatic heterocycles. The molecule has 0 fully saturated rings. The summed E-state index contributed by atoms with van der Waals surface area (Å²) >= 11 is 0. The summed E-state index contributed by atoms with van der Waals surface area (Å²) < 4.78 is 36.9. The van der Waals surface area contributed by atoms with Crippen LogP contribution in [-0.4, -0.2) is 14.1 Å². The molecule has 10 rings (SSSR count). The zero-order valence-corrected chi connectivity index (χ0v) is 26.9. The zero-order chi connectivity index (χ0) is 33.3. The van der Waals surface area contributed by atoms with E-state index in [2.05, 4.69) is 105 Å². The number of hydrogen-bond acceptors (Lipinski definition) is 1. The van der Waals surface area contributed by atoms with Crippen molar-refractivity contribution in [1.29, 1.82) is 0 Å². The first kappa shape index (κ1) is 28.7. The van der Waals surface area contributed by atoms with Crippen LogP contribution in [0, 0.1) is 11.6 Å². The highest BCUT2D eigenvalue weighted by molar-refractivity contribution is 6.27. The maximum atomic E-state index is 16.1. The van der Waals surface area contributed by atoms with Crippen molar-refractivity contribution in [2.45, 2.75) is 12.8 Å². The predicted molar refractivity (Wildman–Crippen MR) is 203 cm³/mol. The molecule has 9 aromatic rings. The van der Waals surface area contributed by atoms with Gasteiger partial charge in [0.2, 0.25) is 0 Å². The highest BCUT2D eigenvalue weighted by Crippen LogP contribution is 2.45. The quantitative estimate of drug-likeness (QED) is 0.186. The number of hydrogen-bond donors (Lipinski definition) is 0. The molecule has 0 amide bonds. The van der Waals surface area contributed by atoms with Crippen molar-refractivity contribution in [3.63, 3.8) is 0 Å². The third-order valence-corrected chi connectivity index (χ3v) is 10.1. The fourth-order valence-electron chi connectivity index (χ4n) is 7.92. The van der Waals surface area contributed by atoms with E-state index in [1.165, 1.54) is 28.3 Å². The van der Waals surface area contributed by atoms with Crippen LogP contribution in [0.5, 0.6) is 0 Å². The van der Waals surface area contributed by atoms with Crippen LogP contribution in [-0.2, 0) is 0 Å². The van der Waals surface area contributed by atoms with Crippen molar-refractivity contribution in [1.82, 2.24) is 14.1 Å². The van der Waals surface area contributed by atoms with Gasteiger partial charge in [0.25, 0.3) is 0 Å². The van der Waals surface area contributed by atoms with Gasteiger partial charge in [-0.25, -0.2) is 8.78 Å². The van der Waals surface area contributed by atoms with E-state index in [-0.39, 0.29) is 5.56 Å². The average Bonchev–Trinajstić information content (AvgIpc) is 3.67. The molecular weight excluding hydrogens is 621 g/mol. The maximum Gasteiger partial charge on any atom is 0.134 e. The number of para-hydroxylation sites is 1. The minimum Gasteiger partial charge on any atom is -0.307 e. The van der Waals surface area contributed by atoms with E-state index in [9.17, 15) is 0 Å². The third-order valence-electron chi connectivity index (χ3n) is 10.1. The Kier molecular flexibility index (Phi) is 6.37. The largest absolute Gasteiger partial charge is 0.307 e. The van der Waals surface area contributed by atoms with Gasteiger partial charge in [-0.05, 0) is 101 Å². The van der Waals surface area contributed by atoms with Crippen LogP contribution in [0.15, 0.2) is 152 Å². The van der Waals surface area contributed by atoms with E-state index in [4.69, 9.17) is 0 Å². The normalized spacial score (nSPS) is 13.3. The first-order valence-electron chi connectivity index (χ1n) is 16.9. The molecular formula is C45H29F2N3. The molecule has 0 saturated carbocycles. The SMILES string of the molecule is Fc1cc(-c2ccc3c(c2)c2c(c4c5ccccc5ccc4n2C2=CCCC=C2)n3-c2ccccc2)cc(F)c1-c1cccc2ncccc12. The Morgan fingerprint density at radius 2 is 1.38 bits per heavy atom. The standard InChI is InChI=1S/C45H29F2N3/c46-37-26-30(27-38(47)42(37)35-17-9-19-39-34(35)18-10-24-48-39)29-21-22-40-36(25-29)44-45(49(40)31-12-3-1-4-13-31)43-33-16-8-7-11-28(33)20-23-41(43)50(44)32-14-5-2-6-15-32/h1,3-5,7-27H,2,6H2. The summed E-state index contributed by atoms with van der Waals surface area (Å²) in [6, 6.07) is 41.4. The monoisotopic (exact) mass is 649 g/mol. The minimum atomic E-state index is -0.610. The molecule has 3 aromatic heterocycles. The van der Waals surface area contributed by atoms with Crippen molar-refractivity contribution in [2.75, 3.05) is 0 Å². The molecule has 50 heavy (non-hydrogen) atoms. The molecule has 0 atom stereocenters. The molecule has 3 heterocycles.